The van der Waals surface area contributed by atoms with Crippen LogP contribution in [0.2, 0.25) is 0 Å². The van der Waals surface area contributed by atoms with Gasteiger partial charge in [0.2, 0.25) is 0 Å². The molecule has 1 fully saturated rings. The Balaban J connectivity index is 2.28. The SMILES string of the molecule is CCC(CN)CN1CCC(N(C)C)C1. The van der Waals surface area contributed by atoms with Crippen LogP contribution in [0.25, 0.3) is 0 Å². The molecule has 2 unspecified atom stereocenters. The van der Waals surface area contributed by atoms with Crippen molar-refractivity contribution in [2.75, 3.05) is 40.3 Å². The van der Waals surface area contributed by atoms with Crippen LogP contribution >= 0.6 is 0 Å². The molecule has 0 radical (unpaired) electrons. The van der Waals surface area contributed by atoms with Crippen molar-refractivity contribution in [2.24, 2.45) is 11.7 Å². The summed E-state index contributed by atoms with van der Waals surface area (Å²) in [7, 11) is 4.35. The lowest BCUT2D eigenvalue weighted by molar-refractivity contribution is 0.241. The smallest absolute Gasteiger partial charge is 0.0229 e. The summed E-state index contributed by atoms with van der Waals surface area (Å²) in [4.78, 5) is 4.90. The minimum atomic E-state index is 0.691. The van der Waals surface area contributed by atoms with Crippen LogP contribution in [0.1, 0.15) is 19.8 Å². The maximum atomic E-state index is 5.72. The van der Waals surface area contributed by atoms with Crippen molar-refractivity contribution in [1.82, 2.24) is 9.80 Å². The van der Waals surface area contributed by atoms with Crippen molar-refractivity contribution >= 4 is 0 Å². The largest absolute Gasteiger partial charge is 0.330 e. The van der Waals surface area contributed by atoms with Crippen molar-refractivity contribution in [3.63, 3.8) is 0 Å². The number of nitrogens with zero attached hydrogens (tertiary/aromatic N) is 2. The van der Waals surface area contributed by atoms with Gasteiger partial charge in [0, 0.05) is 19.1 Å². The average molecular weight is 199 g/mol. The summed E-state index contributed by atoms with van der Waals surface area (Å²) in [6, 6.07) is 0.755. The van der Waals surface area contributed by atoms with Gasteiger partial charge in [0.1, 0.15) is 0 Å². The Hall–Kier alpha value is -0.120. The Labute approximate surface area is 88.2 Å². The van der Waals surface area contributed by atoms with E-state index < -0.39 is 0 Å². The topological polar surface area (TPSA) is 32.5 Å². The zero-order chi connectivity index (χ0) is 10.6. The highest BCUT2D eigenvalue weighted by Crippen LogP contribution is 2.15. The summed E-state index contributed by atoms with van der Waals surface area (Å²) in [6.45, 7) is 6.73. The first-order valence-corrected chi connectivity index (χ1v) is 5.76. The van der Waals surface area contributed by atoms with Crippen molar-refractivity contribution in [2.45, 2.75) is 25.8 Å². The van der Waals surface area contributed by atoms with Gasteiger partial charge in [0.05, 0.1) is 0 Å². The monoisotopic (exact) mass is 199 g/mol. The molecule has 3 heteroatoms. The lowest BCUT2D eigenvalue weighted by Crippen LogP contribution is -2.35. The number of nitrogens with two attached hydrogens (primary N) is 1. The fourth-order valence-corrected chi connectivity index (χ4v) is 2.13. The molecule has 2 N–H and O–H groups in total. The minimum absolute atomic E-state index is 0.691. The molecule has 14 heavy (non-hydrogen) atoms. The standard InChI is InChI=1S/C11H25N3/c1-4-10(7-12)8-14-6-5-11(9-14)13(2)3/h10-11H,4-9,12H2,1-3H3. The Morgan fingerprint density at radius 2 is 2.21 bits per heavy atom. The second kappa shape index (κ2) is 5.69. The Kier molecular flexibility index (Phi) is 4.85. The summed E-state index contributed by atoms with van der Waals surface area (Å²) < 4.78 is 0. The molecule has 1 aliphatic rings. The van der Waals surface area contributed by atoms with Crippen LogP contribution in [-0.4, -0.2) is 56.1 Å². The molecule has 0 aromatic rings. The third-order valence-corrected chi connectivity index (χ3v) is 3.40. The van der Waals surface area contributed by atoms with Crippen LogP contribution in [0.5, 0.6) is 0 Å². The average Bonchev–Trinajstić information content (AvgIpc) is 2.62. The molecule has 0 bridgehead atoms. The number of likely N-dealkylation sites (N-methyl/N-ethyl adjacent to an activating group) is 1. The molecule has 84 valence electrons. The zero-order valence-electron chi connectivity index (χ0n) is 9.87. The van der Waals surface area contributed by atoms with Crippen LogP contribution in [0.3, 0.4) is 0 Å². The van der Waals surface area contributed by atoms with Gasteiger partial charge in [0.15, 0.2) is 0 Å². The molecule has 3 nitrogen and oxygen atoms in total. The third kappa shape index (κ3) is 3.23. The molecule has 0 spiro atoms. The van der Waals surface area contributed by atoms with E-state index in [-0.39, 0.29) is 0 Å². The van der Waals surface area contributed by atoms with E-state index >= 15 is 0 Å². The number of hydrogen-bond donors (Lipinski definition) is 1. The molecule has 1 rings (SSSR count). The van der Waals surface area contributed by atoms with E-state index in [9.17, 15) is 0 Å². The van der Waals surface area contributed by atoms with Gasteiger partial charge in [-0.3, -0.25) is 0 Å². The fourth-order valence-electron chi connectivity index (χ4n) is 2.13. The van der Waals surface area contributed by atoms with Gasteiger partial charge in [0.25, 0.3) is 0 Å². The Morgan fingerprint density at radius 1 is 1.50 bits per heavy atom. The van der Waals surface area contributed by atoms with E-state index in [2.05, 4.69) is 30.8 Å². The van der Waals surface area contributed by atoms with Gasteiger partial charge >= 0.3 is 0 Å². The summed E-state index contributed by atoms with van der Waals surface area (Å²) in [5, 5.41) is 0. The maximum Gasteiger partial charge on any atom is 0.0229 e. The highest BCUT2D eigenvalue weighted by molar-refractivity contribution is 4.81. The van der Waals surface area contributed by atoms with Crippen molar-refractivity contribution in [1.29, 1.82) is 0 Å². The fraction of sp³-hybridized carbons (Fsp3) is 1.00. The van der Waals surface area contributed by atoms with Crippen LogP contribution < -0.4 is 5.73 Å². The van der Waals surface area contributed by atoms with Crippen LogP contribution in [0.4, 0.5) is 0 Å². The molecule has 1 heterocycles. The molecular weight excluding hydrogens is 174 g/mol. The van der Waals surface area contributed by atoms with Gasteiger partial charge in [-0.05, 0) is 39.5 Å². The molecule has 0 aromatic carbocycles. The van der Waals surface area contributed by atoms with E-state index in [0.717, 1.165) is 12.6 Å². The first-order chi connectivity index (χ1) is 6.67. The maximum absolute atomic E-state index is 5.72. The number of likely N-dealkylation sites (tertiary alicyclic amines) is 1. The molecule has 1 saturated heterocycles. The van der Waals surface area contributed by atoms with E-state index in [4.69, 9.17) is 5.73 Å². The predicted molar refractivity (Wildman–Crippen MR) is 61.4 cm³/mol. The van der Waals surface area contributed by atoms with Gasteiger partial charge in [-0.25, -0.2) is 0 Å². The van der Waals surface area contributed by atoms with Crippen LogP contribution in [-0.2, 0) is 0 Å². The zero-order valence-corrected chi connectivity index (χ0v) is 9.87. The Bertz CT molecular complexity index is 155. The molecular formula is C11H25N3. The van der Waals surface area contributed by atoms with Gasteiger partial charge in [-0.15, -0.1) is 0 Å². The van der Waals surface area contributed by atoms with Crippen LogP contribution in [0, 0.1) is 5.92 Å². The van der Waals surface area contributed by atoms with E-state index in [1.807, 2.05) is 0 Å². The lowest BCUT2D eigenvalue weighted by Gasteiger charge is -2.23. The third-order valence-electron chi connectivity index (χ3n) is 3.40. The van der Waals surface area contributed by atoms with Crippen molar-refractivity contribution < 1.29 is 0 Å². The predicted octanol–water partition coefficient (Wildman–Crippen LogP) is 0.607. The number of hydrogen-bond acceptors (Lipinski definition) is 3. The molecule has 0 amide bonds. The highest BCUT2D eigenvalue weighted by atomic mass is 15.2. The molecule has 0 aliphatic carbocycles. The first-order valence-electron chi connectivity index (χ1n) is 5.76. The van der Waals surface area contributed by atoms with E-state index in [1.54, 1.807) is 0 Å². The minimum Gasteiger partial charge on any atom is -0.330 e. The molecule has 0 saturated carbocycles. The normalized spacial score (nSPS) is 25.9. The second-order valence-corrected chi connectivity index (χ2v) is 4.68. The van der Waals surface area contributed by atoms with E-state index in [0.29, 0.717) is 5.92 Å². The highest BCUT2D eigenvalue weighted by Gasteiger charge is 2.24. The first kappa shape index (κ1) is 12.0. The molecule has 2 atom stereocenters. The van der Waals surface area contributed by atoms with Gasteiger partial charge in [-0.2, -0.15) is 0 Å². The van der Waals surface area contributed by atoms with Crippen LogP contribution in [0.15, 0.2) is 0 Å². The summed E-state index contributed by atoms with van der Waals surface area (Å²) in [6.07, 6.45) is 2.52. The second-order valence-electron chi connectivity index (χ2n) is 4.68. The quantitative estimate of drug-likeness (QED) is 0.704. The molecule has 0 aromatic heterocycles. The Morgan fingerprint density at radius 3 is 2.64 bits per heavy atom. The van der Waals surface area contributed by atoms with Gasteiger partial charge in [-0.1, -0.05) is 13.3 Å². The molecule has 1 aliphatic heterocycles. The van der Waals surface area contributed by atoms with E-state index in [1.165, 1.54) is 32.5 Å². The van der Waals surface area contributed by atoms with Crippen molar-refractivity contribution in [3.05, 3.63) is 0 Å². The number of rotatable bonds is 5. The van der Waals surface area contributed by atoms with Crippen molar-refractivity contribution in [3.8, 4) is 0 Å². The lowest BCUT2D eigenvalue weighted by atomic mass is 10.1. The van der Waals surface area contributed by atoms with Gasteiger partial charge < -0.3 is 15.5 Å². The summed E-state index contributed by atoms with van der Waals surface area (Å²) in [5.41, 5.74) is 5.72. The summed E-state index contributed by atoms with van der Waals surface area (Å²) >= 11 is 0. The summed E-state index contributed by atoms with van der Waals surface area (Å²) in [5.74, 6) is 0.691.